The highest BCUT2D eigenvalue weighted by atomic mass is 32.2. The lowest BCUT2D eigenvalue weighted by Gasteiger charge is -2.09. The van der Waals surface area contributed by atoms with Gasteiger partial charge in [-0.05, 0) is 30.9 Å². The fourth-order valence-electron chi connectivity index (χ4n) is 1.61. The molecular weight excluding hydrogens is 278 g/mol. The SMILES string of the molecule is NS(=O)(=O)c1ccc(F)c(C(=O)NCC2CC2)c1F. The average Bonchev–Trinajstić information content (AvgIpc) is 3.08. The van der Waals surface area contributed by atoms with Crippen molar-refractivity contribution in [2.24, 2.45) is 11.1 Å². The first kappa shape index (κ1) is 13.9. The van der Waals surface area contributed by atoms with Gasteiger partial charge in [0.05, 0.1) is 0 Å². The van der Waals surface area contributed by atoms with Gasteiger partial charge in [-0.2, -0.15) is 0 Å². The molecular formula is C11H12F2N2O3S. The molecule has 1 amide bonds. The molecule has 0 aliphatic heterocycles. The number of hydrogen-bond donors (Lipinski definition) is 2. The first-order valence-corrected chi connectivity index (χ1v) is 7.14. The number of sulfonamides is 1. The van der Waals surface area contributed by atoms with Gasteiger partial charge in [-0.15, -0.1) is 0 Å². The van der Waals surface area contributed by atoms with Crippen LogP contribution in [0.25, 0.3) is 0 Å². The van der Waals surface area contributed by atoms with E-state index in [1.807, 2.05) is 0 Å². The van der Waals surface area contributed by atoms with E-state index in [0.717, 1.165) is 12.8 Å². The molecule has 0 saturated heterocycles. The van der Waals surface area contributed by atoms with E-state index in [9.17, 15) is 22.0 Å². The molecule has 8 heteroatoms. The van der Waals surface area contributed by atoms with Crippen LogP contribution in [0.3, 0.4) is 0 Å². The standard InChI is InChI=1S/C11H12F2N2O3S/c12-7-3-4-8(19(14,17)18)10(13)9(7)11(16)15-5-6-1-2-6/h3-4,6H,1-2,5H2,(H,15,16)(H2,14,17,18). The van der Waals surface area contributed by atoms with Crippen LogP contribution in [-0.2, 0) is 10.0 Å². The van der Waals surface area contributed by atoms with E-state index in [1.165, 1.54) is 0 Å². The Morgan fingerprint density at radius 1 is 1.37 bits per heavy atom. The molecule has 0 spiro atoms. The van der Waals surface area contributed by atoms with Crippen molar-refractivity contribution in [3.63, 3.8) is 0 Å². The molecule has 3 N–H and O–H groups in total. The zero-order valence-corrected chi connectivity index (χ0v) is 10.6. The zero-order chi connectivity index (χ0) is 14.2. The smallest absolute Gasteiger partial charge is 0.257 e. The van der Waals surface area contributed by atoms with Crippen LogP contribution >= 0.6 is 0 Å². The highest BCUT2D eigenvalue weighted by Gasteiger charge is 2.27. The van der Waals surface area contributed by atoms with E-state index >= 15 is 0 Å². The number of benzene rings is 1. The lowest BCUT2D eigenvalue weighted by molar-refractivity contribution is 0.0942. The van der Waals surface area contributed by atoms with Gasteiger partial charge in [0.15, 0.2) is 5.82 Å². The molecule has 1 aromatic carbocycles. The van der Waals surface area contributed by atoms with E-state index in [4.69, 9.17) is 5.14 Å². The van der Waals surface area contributed by atoms with Gasteiger partial charge >= 0.3 is 0 Å². The minimum absolute atomic E-state index is 0.317. The number of rotatable bonds is 4. The Balaban J connectivity index is 2.34. The summed E-state index contributed by atoms with van der Waals surface area (Å²) in [5.74, 6) is -3.24. The van der Waals surface area contributed by atoms with Crippen molar-refractivity contribution in [2.45, 2.75) is 17.7 Å². The van der Waals surface area contributed by atoms with Crippen molar-refractivity contribution in [1.82, 2.24) is 5.32 Å². The predicted molar refractivity (Wildman–Crippen MR) is 62.8 cm³/mol. The van der Waals surface area contributed by atoms with Gasteiger partial charge in [0.2, 0.25) is 10.0 Å². The molecule has 1 aromatic rings. The van der Waals surface area contributed by atoms with E-state index in [0.29, 0.717) is 24.6 Å². The normalized spacial score (nSPS) is 15.3. The summed E-state index contributed by atoms with van der Waals surface area (Å²) >= 11 is 0. The van der Waals surface area contributed by atoms with E-state index in [-0.39, 0.29) is 0 Å². The fourth-order valence-corrected chi connectivity index (χ4v) is 2.22. The summed E-state index contributed by atoms with van der Waals surface area (Å²) in [5.41, 5.74) is -0.924. The summed E-state index contributed by atoms with van der Waals surface area (Å²) in [6.07, 6.45) is 1.92. The molecule has 104 valence electrons. The van der Waals surface area contributed by atoms with Crippen LogP contribution in [0.2, 0.25) is 0 Å². The Bertz CT molecular complexity index is 627. The van der Waals surface area contributed by atoms with Crippen LogP contribution in [0.15, 0.2) is 17.0 Å². The number of primary sulfonamides is 1. The molecule has 0 heterocycles. The Hall–Kier alpha value is -1.54. The molecule has 0 atom stereocenters. The fraction of sp³-hybridized carbons (Fsp3) is 0.364. The van der Waals surface area contributed by atoms with Gasteiger partial charge in [0, 0.05) is 6.54 Å². The highest BCUT2D eigenvalue weighted by molar-refractivity contribution is 7.89. The molecule has 19 heavy (non-hydrogen) atoms. The lowest BCUT2D eigenvalue weighted by atomic mass is 10.2. The third-order valence-corrected chi connectivity index (χ3v) is 3.77. The van der Waals surface area contributed by atoms with Crippen LogP contribution in [0, 0.1) is 17.6 Å². The zero-order valence-electron chi connectivity index (χ0n) is 9.82. The number of nitrogens with one attached hydrogen (secondary N) is 1. The minimum atomic E-state index is -4.35. The molecule has 0 bridgehead atoms. The molecule has 0 aromatic heterocycles. The van der Waals surface area contributed by atoms with Gasteiger partial charge in [0.1, 0.15) is 16.3 Å². The second kappa shape index (κ2) is 4.86. The van der Waals surface area contributed by atoms with E-state index in [2.05, 4.69) is 5.32 Å². The van der Waals surface area contributed by atoms with Crippen LogP contribution in [0.1, 0.15) is 23.2 Å². The number of hydrogen-bond acceptors (Lipinski definition) is 3. The summed E-state index contributed by atoms with van der Waals surface area (Å²) in [5, 5.41) is 7.15. The van der Waals surface area contributed by atoms with Crippen LogP contribution in [0.5, 0.6) is 0 Å². The van der Waals surface area contributed by atoms with Crippen molar-refractivity contribution < 1.29 is 22.0 Å². The second-order valence-electron chi connectivity index (χ2n) is 4.43. The number of nitrogens with two attached hydrogens (primary N) is 1. The van der Waals surface area contributed by atoms with Crippen LogP contribution in [0.4, 0.5) is 8.78 Å². The Morgan fingerprint density at radius 3 is 2.53 bits per heavy atom. The molecule has 2 rings (SSSR count). The monoisotopic (exact) mass is 290 g/mol. The van der Waals surface area contributed by atoms with E-state index in [1.54, 1.807) is 0 Å². The first-order chi connectivity index (χ1) is 8.80. The van der Waals surface area contributed by atoms with Gasteiger partial charge in [0.25, 0.3) is 5.91 Å². The van der Waals surface area contributed by atoms with Crippen molar-refractivity contribution in [3.8, 4) is 0 Å². The largest absolute Gasteiger partial charge is 0.352 e. The molecule has 1 saturated carbocycles. The van der Waals surface area contributed by atoms with Crippen LogP contribution < -0.4 is 10.5 Å². The lowest BCUT2D eigenvalue weighted by Crippen LogP contribution is -2.28. The van der Waals surface area contributed by atoms with Gasteiger partial charge in [-0.1, -0.05) is 0 Å². The molecule has 1 aliphatic rings. The Labute approximate surface area is 108 Å². The van der Waals surface area contributed by atoms with Crippen molar-refractivity contribution in [1.29, 1.82) is 0 Å². The minimum Gasteiger partial charge on any atom is -0.352 e. The number of halogens is 2. The Morgan fingerprint density at radius 2 is 2.00 bits per heavy atom. The number of carbonyl (C=O) groups is 1. The molecule has 1 fully saturated rings. The quantitative estimate of drug-likeness (QED) is 0.857. The maximum Gasteiger partial charge on any atom is 0.257 e. The molecule has 0 unspecified atom stereocenters. The van der Waals surface area contributed by atoms with Crippen molar-refractivity contribution in [2.75, 3.05) is 6.54 Å². The molecule has 0 radical (unpaired) electrons. The first-order valence-electron chi connectivity index (χ1n) is 5.59. The Kier molecular flexibility index (Phi) is 3.55. The van der Waals surface area contributed by atoms with Crippen molar-refractivity contribution in [3.05, 3.63) is 29.3 Å². The number of amides is 1. The van der Waals surface area contributed by atoms with Crippen LogP contribution in [-0.4, -0.2) is 20.9 Å². The highest BCUT2D eigenvalue weighted by Crippen LogP contribution is 2.28. The summed E-state index contributed by atoms with van der Waals surface area (Å²) in [6.45, 7) is 0.317. The average molecular weight is 290 g/mol. The predicted octanol–water partition coefficient (Wildman–Crippen LogP) is 0.752. The van der Waals surface area contributed by atoms with Gasteiger partial charge in [-0.25, -0.2) is 22.3 Å². The maximum absolute atomic E-state index is 13.9. The summed E-state index contributed by atoms with van der Waals surface area (Å²) < 4.78 is 49.5. The summed E-state index contributed by atoms with van der Waals surface area (Å²) in [6, 6.07) is 1.40. The molecule has 1 aliphatic carbocycles. The summed E-state index contributed by atoms with van der Waals surface area (Å²) in [7, 11) is -4.35. The van der Waals surface area contributed by atoms with E-state index < -0.39 is 38.0 Å². The van der Waals surface area contributed by atoms with Crippen molar-refractivity contribution >= 4 is 15.9 Å². The second-order valence-corrected chi connectivity index (χ2v) is 5.96. The van der Waals surface area contributed by atoms with Gasteiger partial charge < -0.3 is 5.32 Å². The van der Waals surface area contributed by atoms with Gasteiger partial charge in [-0.3, -0.25) is 4.79 Å². The topological polar surface area (TPSA) is 89.3 Å². The maximum atomic E-state index is 13.9. The third-order valence-electron chi connectivity index (χ3n) is 2.84. The molecule has 5 nitrogen and oxygen atoms in total. The summed E-state index contributed by atoms with van der Waals surface area (Å²) in [4.78, 5) is 10.8. The number of carbonyl (C=O) groups excluding carboxylic acids is 1. The third kappa shape index (κ3) is 3.07.